The number of esters is 1. The van der Waals surface area contributed by atoms with Crippen LogP contribution in [0.25, 0.3) is 0 Å². The minimum absolute atomic E-state index is 0. The third kappa shape index (κ3) is 3.58. The van der Waals surface area contributed by atoms with E-state index in [0.717, 1.165) is 0 Å². The molecule has 0 saturated carbocycles. The van der Waals surface area contributed by atoms with E-state index >= 15 is 0 Å². The SMILES string of the molecule is C[C@@H]1C(OC(=O)c2ccccc2)[CH-]O[C@@H]1CO.[U]. The molecular formula is C13H15O4U-. The van der Waals surface area contributed by atoms with Gasteiger partial charge >= 0.3 is 5.97 Å². The summed E-state index contributed by atoms with van der Waals surface area (Å²) in [6, 6.07) is 8.81. The van der Waals surface area contributed by atoms with Crippen LogP contribution in [-0.4, -0.2) is 29.9 Å². The zero-order valence-electron chi connectivity index (χ0n) is 10.1. The first-order valence-electron chi connectivity index (χ1n) is 5.58. The predicted molar refractivity (Wildman–Crippen MR) is 61.1 cm³/mol. The molecule has 0 spiro atoms. The van der Waals surface area contributed by atoms with Crippen LogP contribution in [0, 0.1) is 43.6 Å². The normalized spacial score (nSPS) is 26.4. The number of rotatable bonds is 3. The number of aliphatic hydroxyl groups is 1. The maximum absolute atomic E-state index is 11.8. The second kappa shape index (κ2) is 7.30. The standard InChI is InChI=1S/C13H15O4.U/c1-9-11(7-14)16-8-12(9)17-13(15)10-5-3-2-4-6-10;/h2-6,8-9,11-12,14H,7H2,1H3;/q-1;/t9-,11+,12?;/m0./s1. The Morgan fingerprint density at radius 1 is 1.44 bits per heavy atom. The van der Waals surface area contributed by atoms with E-state index < -0.39 is 6.10 Å². The van der Waals surface area contributed by atoms with Gasteiger partial charge in [-0.05, 0) is 18.1 Å². The Balaban J connectivity index is 0.00000162. The van der Waals surface area contributed by atoms with Crippen LogP contribution in [0.5, 0.6) is 0 Å². The fourth-order valence-electron chi connectivity index (χ4n) is 1.75. The van der Waals surface area contributed by atoms with Crippen molar-refractivity contribution in [2.45, 2.75) is 19.1 Å². The summed E-state index contributed by atoms with van der Waals surface area (Å²) in [5.74, 6) is -0.409. The van der Waals surface area contributed by atoms with E-state index in [0.29, 0.717) is 5.56 Å². The molecule has 0 radical (unpaired) electrons. The fourth-order valence-corrected chi connectivity index (χ4v) is 1.75. The third-order valence-electron chi connectivity index (χ3n) is 2.92. The quantitative estimate of drug-likeness (QED) is 0.533. The summed E-state index contributed by atoms with van der Waals surface area (Å²) in [6.45, 7) is 3.29. The molecule has 0 aromatic heterocycles. The summed E-state index contributed by atoms with van der Waals surface area (Å²) in [5, 5.41) is 9.02. The first-order chi connectivity index (χ1) is 8.22. The molecule has 3 atom stereocenters. The molecule has 5 heteroatoms. The van der Waals surface area contributed by atoms with Crippen molar-refractivity contribution in [3.8, 4) is 0 Å². The maximum atomic E-state index is 11.8. The number of carbonyl (C=O) groups is 1. The van der Waals surface area contributed by atoms with Gasteiger partial charge in [0.1, 0.15) is 0 Å². The van der Waals surface area contributed by atoms with E-state index in [4.69, 9.17) is 14.6 Å². The minimum atomic E-state index is -0.403. The van der Waals surface area contributed by atoms with Gasteiger partial charge in [-0.25, -0.2) is 4.79 Å². The number of carbonyl (C=O) groups excluding carboxylic acids is 1. The van der Waals surface area contributed by atoms with E-state index in [1.165, 1.54) is 6.61 Å². The molecule has 0 aliphatic carbocycles. The molecule has 2 rings (SSSR count). The van der Waals surface area contributed by atoms with Gasteiger partial charge in [0, 0.05) is 37.2 Å². The van der Waals surface area contributed by atoms with Crippen LogP contribution >= 0.6 is 0 Å². The molecule has 1 aliphatic heterocycles. The van der Waals surface area contributed by atoms with Gasteiger partial charge in [0.2, 0.25) is 0 Å². The van der Waals surface area contributed by atoms with Crippen LogP contribution in [0.3, 0.4) is 0 Å². The van der Waals surface area contributed by atoms with Gasteiger partial charge in [-0.2, -0.15) is 6.61 Å². The van der Waals surface area contributed by atoms with Crippen molar-refractivity contribution in [2.75, 3.05) is 6.61 Å². The minimum Gasteiger partial charge on any atom is -0.544 e. The van der Waals surface area contributed by atoms with Crippen molar-refractivity contribution in [1.29, 1.82) is 0 Å². The molecule has 1 heterocycles. The molecule has 18 heavy (non-hydrogen) atoms. The van der Waals surface area contributed by atoms with Crippen LogP contribution in [0.2, 0.25) is 0 Å². The molecule has 1 saturated heterocycles. The summed E-state index contributed by atoms with van der Waals surface area (Å²) in [6.07, 6.45) is -0.691. The summed E-state index contributed by atoms with van der Waals surface area (Å²) in [4.78, 5) is 11.8. The van der Waals surface area contributed by atoms with E-state index in [-0.39, 0.29) is 55.7 Å². The second-order valence-electron chi connectivity index (χ2n) is 4.09. The van der Waals surface area contributed by atoms with Crippen LogP contribution in [-0.2, 0) is 9.47 Å². The number of hydrogen-bond donors (Lipinski definition) is 1. The van der Waals surface area contributed by atoms with Crippen molar-refractivity contribution in [2.24, 2.45) is 5.92 Å². The summed E-state index contributed by atoms with van der Waals surface area (Å²) < 4.78 is 10.5. The van der Waals surface area contributed by atoms with E-state index in [1.807, 2.05) is 13.0 Å². The molecule has 1 aromatic rings. The number of benzene rings is 1. The van der Waals surface area contributed by atoms with E-state index in [1.54, 1.807) is 24.3 Å². The van der Waals surface area contributed by atoms with Gasteiger partial charge in [-0.3, -0.25) is 0 Å². The van der Waals surface area contributed by atoms with Gasteiger partial charge < -0.3 is 14.6 Å². The Bertz CT molecular complexity index is 382. The van der Waals surface area contributed by atoms with Crippen molar-refractivity contribution in [3.63, 3.8) is 0 Å². The smallest absolute Gasteiger partial charge is 0.335 e. The first-order valence-corrected chi connectivity index (χ1v) is 5.58. The average Bonchev–Trinajstić information content (AvgIpc) is 2.71. The Morgan fingerprint density at radius 3 is 2.67 bits per heavy atom. The van der Waals surface area contributed by atoms with Gasteiger partial charge in [-0.15, -0.1) is 0 Å². The maximum Gasteiger partial charge on any atom is 0.335 e. The van der Waals surface area contributed by atoms with Crippen molar-refractivity contribution >= 4 is 5.97 Å². The Morgan fingerprint density at radius 2 is 2.11 bits per heavy atom. The molecule has 1 fully saturated rings. The van der Waals surface area contributed by atoms with Crippen molar-refractivity contribution in [1.82, 2.24) is 0 Å². The van der Waals surface area contributed by atoms with E-state index in [9.17, 15) is 4.79 Å². The van der Waals surface area contributed by atoms with Gasteiger partial charge in [0.05, 0.1) is 18.3 Å². The van der Waals surface area contributed by atoms with Gasteiger partial charge in [-0.1, -0.05) is 25.1 Å². The molecule has 1 unspecified atom stereocenters. The Hall–Kier alpha value is -0.338. The number of ether oxygens (including phenoxy) is 2. The molecule has 1 N–H and O–H groups in total. The average molecular weight is 473 g/mol. The molecule has 1 aromatic carbocycles. The Kier molecular flexibility index (Phi) is 6.37. The van der Waals surface area contributed by atoms with Crippen LogP contribution in [0.15, 0.2) is 30.3 Å². The van der Waals surface area contributed by atoms with Crippen LogP contribution in [0.1, 0.15) is 17.3 Å². The molecule has 4 nitrogen and oxygen atoms in total. The topological polar surface area (TPSA) is 55.8 Å². The molecule has 1 aliphatic rings. The largest absolute Gasteiger partial charge is 0.544 e. The van der Waals surface area contributed by atoms with Gasteiger partial charge in [0.15, 0.2) is 0 Å². The molecule has 0 amide bonds. The molecular weight excluding hydrogens is 458 g/mol. The summed E-state index contributed by atoms with van der Waals surface area (Å²) in [7, 11) is 0. The van der Waals surface area contributed by atoms with E-state index in [2.05, 4.69) is 0 Å². The van der Waals surface area contributed by atoms with Gasteiger partial charge in [0.25, 0.3) is 0 Å². The van der Waals surface area contributed by atoms with Crippen LogP contribution in [0.4, 0.5) is 0 Å². The first kappa shape index (κ1) is 15.7. The summed E-state index contributed by atoms with van der Waals surface area (Å²) in [5.41, 5.74) is 0.514. The zero-order chi connectivity index (χ0) is 12.3. The second-order valence-corrected chi connectivity index (χ2v) is 4.09. The molecule has 0 bridgehead atoms. The predicted octanol–water partition coefficient (Wildman–Crippen LogP) is 1.40. The van der Waals surface area contributed by atoms with Crippen molar-refractivity contribution < 1.29 is 50.5 Å². The van der Waals surface area contributed by atoms with Crippen molar-refractivity contribution in [3.05, 3.63) is 42.5 Å². The third-order valence-corrected chi connectivity index (χ3v) is 2.92. The van der Waals surface area contributed by atoms with Crippen LogP contribution < -0.4 is 0 Å². The number of hydrogen-bond acceptors (Lipinski definition) is 4. The molecule has 96 valence electrons. The monoisotopic (exact) mass is 473 g/mol. The zero-order valence-corrected chi connectivity index (χ0v) is 14.2. The summed E-state index contributed by atoms with van der Waals surface area (Å²) >= 11 is 0. The number of aliphatic hydroxyl groups excluding tert-OH is 1. The fraction of sp³-hybridized carbons (Fsp3) is 0.385. The Labute approximate surface area is 130 Å².